The zero-order valence-electron chi connectivity index (χ0n) is 11.0. The van der Waals surface area contributed by atoms with E-state index in [9.17, 15) is 5.11 Å². The molecule has 17 heavy (non-hydrogen) atoms. The molecule has 0 amide bonds. The third-order valence-electron chi connectivity index (χ3n) is 2.85. The lowest BCUT2D eigenvalue weighted by Crippen LogP contribution is -2.37. The van der Waals surface area contributed by atoms with E-state index in [1.807, 2.05) is 26.1 Å². The number of rotatable bonds is 4. The van der Waals surface area contributed by atoms with Crippen LogP contribution in [0, 0.1) is 6.92 Å². The number of ether oxygens (including phenoxy) is 1. The average Bonchev–Trinajstić information content (AvgIpc) is 2.21. The first-order valence-electron chi connectivity index (χ1n) is 5.55. The van der Waals surface area contributed by atoms with E-state index in [0.717, 1.165) is 11.1 Å². The number of aryl methyl sites for hydroxylation is 1. The van der Waals surface area contributed by atoms with Gasteiger partial charge in [-0.1, -0.05) is 11.6 Å². The Morgan fingerprint density at radius 1 is 1.41 bits per heavy atom. The standard InChI is InChI=1S/C13H20ClNO2/c1-8-6-11(17-5)10(14)7-9(8)12(15-4)13(2,3)16/h6-7,12,15-16H,1-5H3. The van der Waals surface area contributed by atoms with Crippen LogP contribution in [0.1, 0.15) is 31.0 Å². The molecule has 3 nitrogen and oxygen atoms in total. The lowest BCUT2D eigenvalue weighted by molar-refractivity contribution is 0.0398. The maximum absolute atomic E-state index is 10.1. The van der Waals surface area contributed by atoms with Gasteiger partial charge in [0.25, 0.3) is 0 Å². The zero-order valence-corrected chi connectivity index (χ0v) is 11.7. The largest absolute Gasteiger partial charge is 0.495 e. The number of halogens is 1. The van der Waals surface area contributed by atoms with Gasteiger partial charge in [-0.3, -0.25) is 0 Å². The second-order valence-electron chi connectivity index (χ2n) is 4.72. The van der Waals surface area contributed by atoms with E-state index in [1.165, 1.54) is 0 Å². The summed E-state index contributed by atoms with van der Waals surface area (Å²) < 4.78 is 5.16. The second-order valence-corrected chi connectivity index (χ2v) is 5.13. The van der Waals surface area contributed by atoms with Gasteiger partial charge in [0.1, 0.15) is 5.75 Å². The summed E-state index contributed by atoms with van der Waals surface area (Å²) in [6, 6.07) is 3.55. The predicted molar refractivity (Wildman–Crippen MR) is 70.8 cm³/mol. The molecule has 0 aliphatic rings. The van der Waals surface area contributed by atoms with Gasteiger partial charge in [-0.25, -0.2) is 0 Å². The van der Waals surface area contributed by atoms with Gasteiger partial charge < -0.3 is 15.2 Å². The van der Waals surface area contributed by atoms with Crippen LogP contribution in [-0.4, -0.2) is 24.9 Å². The summed E-state index contributed by atoms with van der Waals surface area (Å²) in [4.78, 5) is 0. The molecule has 0 aliphatic carbocycles. The van der Waals surface area contributed by atoms with Crippen LogP contribution < -0.4 is 10.1 Å². The summed E-state index contributed by atoms with van der Waals surface area (Å²) in [5.41, 5.74) is 1.15. The molecule has 1 unspecified atom stereocenters. The highest BCUT2D eigenvalue weighted by Crippen LogP contribution is 2.34. The predicted octanol–water partition coefficient (Wildman–Crippen LogP) is 2.69. The molecule has 0 aliphatic heterocycles. The van der Waals surface area contributed by atoms with Crippen molar-refractivity contribution >= 4 is 11.6 Å². The molecule has 0 aromatic heterocycles. The molecular formula is C13H20ClNO2. The molecule has 0 fully saturated rings. The molecule has 4 heteroatoms. The Morgan fingerprint density at radius 2 is 2.00 bits per heavy atom. The molecule has 1 aromatic rings. The lowest BCUT2D eigenvalue weighted by Gasteiger charge is -2.31. The minimum atomic E-state index is -0.864. The molecule has 0 saturated heterocycles. The SMILES string of the molecule is CNC(c1cc(Cl)c(OC)cc1C)C(C)(C)O. The molecule has 1 rings (SSSR count). The van der Waals surface area contributed by atoms with Crippen LogP contribution in [0.2, 0.25) is 5.02 Å². The Bertz CT molecular complexity index is 399. The fraction of sp³-hybridized carbons (Fsp3) is 0.538. The molecule has 0 spiro atoms. The van der Waals surface area contributed by atoms with Gasteiger partial charge in [-0.15, -0.1) is 0 Å². The smallest absolute Gasteiger partial charge is 0.137 e. The van der Waals surface area contributed by atoms with Crippen molar-refractivity contribution in [3.8, 4) is 5.75 Å². The summed E-state index contributed by atoms with van der Waals surface area (Å²) in [7, 11) is 3.41. The van der Waals surface area contributed by atoms with Gasteiger partial charge in [0, 0.05) is 0 Å². The first-order chi connectivity index (χ1) is 7.81. The van der Waals surface area contributed by atoms with Crippen LogP contribution in [-0.2, 0) is 0 Å². The van der Waals surface area contributed by atoms with E-state index in [-0.39, 0.29) is 6.04 Å². The fourth-order valence-electron chi connectivity index (χ4n) is 2.03. The normalized spacial score (nSPS) is 13.6. The summed E-state index contributed by atoms with van der Waals surface area (Å²) in [6.45, 7) is 5.52. The van der Waals surface area contributed by atoms with Gasteiger partial charge in [-0.2, -0.15) is 0 Å². The third kappa shape index (κ3) is 3.12. The molecule has 0 saturated carbocycles. The summed E-state index contributed by atoms with van der Waals surface area (Å²) in [6.07, 6.45) is 0. The topological polar surface area (TPSA) is 41.5 Å². The van der Waals surface area contributed by atoms with Crippen molar-refractivity contribution in [1.29, 1.82) is 0 Å². The molecule has 96 valence electrons. The number of benzene rings is 1. The van der Waals surface area contributed by atoms with Crippen LogP contribution in [0.4, 0.5) is 0 Å². The molecule has 1 atom stereocenters. The van der Waals surface area contributed by atoms with Crippen molar-refractivity contribution < 1.29 is 9.84 Å². The first kappa shape index (κ1) is 14.3. The van der Waals surface area contributed by atoms with Crippen molar-refractivity contribution in [3.63, 3.8) is 0 Å². The average molecular weight is 258 g/mol. The van der Waals surface area contributed by atoms with E-state index in [4.69, 9.17) is 16.3 Å². The van der Waals surface area contributed by atoms with Crippen molar-refractivity contribution in [2.45, 2.75) is 32.4 Å². The van der Waals surface area contributed by atoms with Crippen LogP contribution in [0.25, 0.3) is 0 Å². The highest BCUT2D eigenvalue weighted by Gasteiger charge is 2.28. The molecule has 1 aromatic carbocycles. The van der Waals surface area contributed by atoms with Crippen LogP contribution in [0.5, 0.6) is 5.75 Å². The number of hydrogen-bond donors (Lipinski definition) is 2. The number of nitrogens with one attached hydrogen (secondary N) is 1. The first-order valence-corrected chi connectivity index (χ1v) is 5.92. The molecule has 0 radical (unpaired) electrons. The molecular weight excluding hydrogens is 238 g/mol. The number of hydrogen-bond acceptors (Lipinski definition) is 3. The van der Waals surface area contributed by atoms with Crippen molar-refractivity contribution in [2.75, 3.05) is 14.2 Å². The van der Waals surface area contributed by atoms with Gasteiger partial charge in [0.15, 0.2) is 0 Å². The second kappa shape index (κ2) is 5.25. The highest BCUT2D eigenvalue weighted by atomic mass is 35.5. The number of methoxy groups -OCH3 is 1. The summed E-state index contributed by atoms with van der Waals surface area (Å²) >= 11 is 6.12. The Hall–Kier alpha value is -0.770. The van der Waals surface area contributed by atoms with E-state index in [2.05, 4.69) is 5.32 Å². The maximum atomic E-state index is 10.1. The molecule has 0 bridgehead atoms. The minimum absolute atomic E-state index is 0.175. The quantitative estimate of drug-likeness (QED) is 0.872. The monoisotopic (exact) mass is 257 g/mol. The van der Waals surface area contributed by atoms with Crippen LogP contribution in [0.3, 0.4) is 0 Å². The van der Waals surface area contributed by atoms with Gasteiger partial charge in [0.05, 0.1) is 23.8 Å². The number of likely N-dealkylation sites (N-methyl/N-ethyl adjacent to an activating group) is 1. The van der Waals surface area contributed by atoms with Gasteiger partial charge in [-0.05, 0) is 51.1 Å². The van der Waals surface area contributed by atoms with E-state index in [0.29, 0.717) is 10.8 Å². The highest BCUT2D eigenvalue weighted by molar-refractivity contribution is 6.32. The van der Waals surface area contributed by atoms with Gasteiger partial charge >= 0.3 is 0 Å². The Labute approximate surface area is 108 Å². The lowest BCUT2D eigenvalue weighted by atomic mass is 9.89. The number of aliphatic hydroxyl groups is 1. The molecule has 0 heterocycles. The third-order valence-corrected chi connectivity index (χ3v) is 3.14. The Balaban J connectivity index is 3.26. The zero-order chi connectivity index (χ0) is 13.2. The van der Waals surface area contributed by atoms with Crippen molar-refractivity contribution in [1.82, 2.24) is 5.32 Å². The van der Waals surface area contributed by atoms with E-state index >= 15 is 0 Å². The van der Waals surface area contributed by atoms with Crippen LogP contribution in [0.15, 0.2) is 12.1 Å². The molecule has 2 N–H and O–H groups in total. The Morgan fingerprint density at radius 3 is 2.41 bits per heavy atom. The fourth-order valence-corrected chi connectivity index (χ4v) is 2.28. The summed E-state index contributed by atoms with van der Waals surface area (Å²) in [5, 5.41) is 13.8. The maximum Gasteiger partial charge on any atom is 0.137 e. The van der Waals surface area contributed by atoms with Gasteiger partial charge in [0.2, 0.25) is 0 Å². The van der Waals surface area contributed by atoms with Crippen LogP contribution >= 0.6 is 11.6 Å². The summed E-state index contributed by atoms with van der Waals surface area (Å²) in [5.74, 6) is 0.651. The minimum Gasteiger partial charge on any atom is -0.495 e. The van der Waals surface area contributed by atoms with E-state index < -0.39 is 5.60 Å². The Kier molecular flexibility index (Phi) is 4.42. The van der Waals surface area contributed by atoms with E-state index in [1.54, 1.807) is 21.0 Å². The van der Waals surface area contributed by atoms with Crippen molar-refractivity contribution in [3.05, 3.63) is 28.3 Å². The van der Waals surface area contributed by atoms with Crippen molar-refractivity contribution in [2.24, 2.45) is 0 Å².